The number of carbonyl (C=O) groups excluding carboxylic acids is 2. The van der Waals surface area contributed by atoms with Gasteiger partial charge in [0.25, 0.3) is 0 Å². The Morgan fingerprint density at radius 3 is 2.92 bits per heavy atom. The van der Waals surface area contributed by atoms with E-state index < -0.39 is 0 Å². The highest BCUT2D eigenvalue weighted by Crippen LogP contribution is 2.47. The third-order valence-corrected chi connectivity index (χ3v) is 8.93. The number of ether oxygens (including phenoxy) is 1. The van der Waals surface area contributed by atoms with Gasteiger partial charge in [-0.25, -0.2) is 4.79 Å². The average molecular weight is 534 g/mol. The van der Waals surface area contributed by atoms with Crippen LogP contribution in [0.1, 0.15) is 19.3 Å². The van der Waals surface area contributed by atoms with Crippen molar-refractivity contribution in [1.29, 1.82) is 0 Å². The summed E-state index contributed by atoms with van der Waals surface area (Å²) in [6, 6.07) is 11.2. The summed E-state index contributed by atoms with van der Waals surface area (Å²) in [6.07, 6.45) is 5.85. The highest BCUT2D eigenvalue weighted by molar-refractivity contribution is 8.04. The summed E-state index contributed by atoms with van der Waals surface area (Å²) in [7, 11) is 0. The SMILES string of the molecule is C=CC(=O)N1CCC[C@@H](NCC2=C3NC(=O)N(c4ccc(Oc5cccnn5)cc4)C4CCNC(S2)C34)C1. The zero-order valence-electron chi connectivity index (χ0n) is 21.0. The van der Waals surface area contributed by atoms with Gasteiger partial charge < -0.3 is 25.6 Å². The lowest BCUT2D eigenvalue weighted by Crippen LogP contribution is -2.62. The first kappa shape index (κ1) is 24.9. The van der Waals surface area contributed by atoms with Gasteiger partial charge in [0.05, 0.1) is 11.4 Å². The lowest BCUT2D eigenvalue weighted by molar-refractivity contribution is -0.127. The molecule has 0 radical (unpaired) electrons. The van der Waals surface area contributed by atoms with E-state index in [0.29, 0.717) is 24.7 Å². The summed E-state index contributed by atoms with van der Waals surface area (Å²) >= 11 is 1.81. The largest absolute Gasteiger partial charge is 0.438 e. The molecule has 0 bridgehead atoms. The van der Waals surface area contributed by atoms with E-state index in [4.69, 9.17) is 4.74 Å². The Kier molecular flexibility index (Phi) is 7.05. The first-order valence-corrected chi connectivity index (χ1v) is 13.9. The van der Waals surface area contributed by atoms with E-state index in [1.54, 1.807) is 18.3 Å². The Balaban J connectivity index is 1.16. The molecular weight excluding hydrogens is 502 g/mol. The number of nitrogens with one attached hydrogen (secondary N) is 3. The molecule has 1 aromatic heterocycles. The zero-order valence-corrected chi connectivity index (χ0v) is 21.8. The summed E-state index contributed by atoms with van der Waals surface area (Å²) in [5.74, 6) is 1.23. The monoisotopic (exact) mass is 533 g/mol. The molecule has 3 fully saturated rings. The fourth-order valence-corrected chi connectivity index (χ4v) is 7.26. The molecule has 11 heteroatoms. The van der Waals surface area contributed by atoms with Gasteiger partial charge in [-0.15, -0.1) is 16.9 Å². The van der Waals surface area contributed by atoms with Crippen molar-refractivity contribution >= 4 is 29.4 Å². The number of urea groups is 1. The Bertz CT molecular complexity index is 1240. The van der Waals surface area contributed by atoms with Gasteiger partial charge in [0.15, 0.2) is 0 Å². The van der Waals surface area contributed by atoms with Gasteiger partial charge in [-0.05, 0) is 62.2 Å². The van der Waals surface area contributed by atoms with E-state index in [1.165, 1.54) is 11.0 Å². The summed E-state index contributed by atoms with van der Waals surface area (Å²) in [6.45, 7) is 6.61. The predicted octanol–water partition coefficient (Wildman–Crippen LogP) is 2.83. The molecule has 38 heavy (non-hydrogen) atoms. The number of benzene rings is 1. The number of piperidine rings is 2. The molecule has 0 spiro atoms. The average Bonchev–Trinajstić information content (AvgIpc) is 3.31. The molecule has 4 atom stereocenters. The number of nitrogens with zero attached hydrogens (tertiary/aromatic N) is 4. The second-order valence-electron chi connectivity index (χ2n) is 9.88. The Morgan fingerprint density at radius 2 is 2.13 bits per heavy atom. The van der Waals surface area contributed by atoms with Crippen molar-refractivity contribution in [1.82, 2.24) is 31.0 Å². The maximum atomic E-state index is 13.4. The first-order valence-electron chi connectivity index (χ1n) is 13.0. The van der Waals surface area contributed by atoms with E-state index >= 15 is 0 Å². The minimum absolute atomic E-state index is 0.0141. The van der Waals surface area contributed by atoms with Gasteiger partial charge in [0, 0.05) is 60.1 Å². The van der Waals surface area contributed by atoms with Crippen LogP contribution in [0.25, 0.3) is 0 Å². The molecule has 0 aliphatic carbocycles. The maximum absolute atomic E-state index is 13.4. The molecule has 4 aliphatic heterocycles. The molecule has 4 aliphatic rings. The van der Waals surface area contributed by atoms with Crippen molar-refractivity contribution in [3.8, 4) is 11.6 Å². The van der Waals surface area contributed by atoms with Crippen LogP contribution >= 0.6 is 11.8 Å². The highest BCUT2D eigenvalue weighted by atomic mass is 32.2. The van der Waals surface area contributed by atoms with Crippen molar-refractivity contribution in [2.75, 3.05) is 31.1 Å². The third-order valence-electron chi connectivity index (χ3n) is 7.57. The van der Waals surface area contributed by atoms with E-state index in [9.17, 15) is 9.59 Å². The molecule has 3 saturated heterocycles. The van der Waals surface area contributed by atoms with E-state index in [0.717, 1.165) is 43.7 Å². The number of anilines is 1. The van der Waals surface area contributed by atoms with Gasteiger partial charge in [-0.1, -0.05) is 6.58 Å². The summed E-state index contributed by atoms with van der Waals surface area (Å²) in [4.78, 5) is 30.4. The zero-order chi connectivity index (χ0) is 26.1. The lowest BCUT2D eigenvalue weighted by atomic mass is 9.86. The van der Waals surface area contributed by atoms with Crippen LogP contribution in [0, 0.1) is 5.92 Å². The Hall–Kier alpha value is -3.41. The van der Waals surface area contributed by atoms with Crippen LogP contribution < -0.4 is 25.6 Å². The van der Waals surface area contributed by atoms with Gasteiger partial charge in [0.2, 0.25) is 11.8 Å². The molecule has 1 aromatic carbocycles. The minimum Gasteiger partial charge on any atom is -0.438 e. The number of likely N-dealkylation sites (tertiary alicyclic amines) is 1. The van der Waals surface area contributed by atoms with Crippen LogP contribution in [-0.2, 0) is 4.79 Å². The van der Waals surface area contributed by atoms with Crippen molar-refractivity contribution in [3.05, 3.63) is 65.9 Å². The fourth-order valence-electron chi connectivity index (χ4n) is 5.80. The quantitative estimate of drug-likeness (QED) is 0.466. The summed E-state index contributed by atoms with van der Waals surface area (Å²) in [5.41, 5.74) is 1.87. The first-order chi connectivity index (χ1) is 18.6. The van der Waals surface area contributed by atoms with Gasteiger partial charge in [-0.3, -0.25) is 9.69 Å². The van der Waals surface area contributed by atoms with Crippen molar-refractivity contribution in [2.24, 2.45) is 5.92 Å². The second kappa shape index (κ2) is 10.8. The standard InChI is InChI=1S/C27H31N7O3S/c1-2-23(35)33-14-4-5-17(16-33)29-15-21-25-24-20(11-13-28-26(24)38-21)34(27(36)31-25)18-7-9-19(10-8-18)37-22-6-3-12-30-32-22/h2-3,6-10,12,17,20,24,26,28-29H,1,4-5,11,13-16H2,(H,31,36)/t17-,20?,24?,26?/m1/s1. The number of hydrogen-bond acceptors (Lipinski definition) is 8. The Morgan fingerprint density at radius 1 is 1.26 bits per heavy atom. The van der Waals surface area contributed by atoms with Crippen LogP contribution in [-0.4, -0.2) is 70.7 Å². The van der Waals surface area contributed by atoms with Crippen LogP contribution in [0.5, 0.6) is 11.6 Å². The molecule has 3 amide bonds. The Labute approximate surface area is 225 Å². The van der Waals surface area contributed by atoms with E-state index in [1.807, 2.05) is 45.8 Å². The van der Waals surface area contributed by atoms with Crippen LogP contribution in [0.15, 0.2) is 65.9 Å². The maximum Gasteiger partial charge on any atom is 0.326 e. The van der Waals surface area contributed by atoms with Gasteiger partial charge in [-0.2, -0.15) is 5.10 Å². The molecule has 2 aromatic rings. The fraction of sp³-hybridized carbons (Fsp3) is 0.407. The number of hydrogen-bond donors (Lipinski definition) is 3. The summed E-state index contributed by atoms with van der Waals surface area (Å²) < 4.78 is 5.77. The van der Waals surface area contributed by atoms with E-state index in [2.05, 4.69) is 32.7 Å². The molecule has 3 unspecified atom stereocenters. The van der Waals surface area contributed by atoms with Crippen molar-refractivity contribution in [2.45, 2.75) is 36.7 Å². The smallest absolute Gasteiger partial charge is 0.326 e. The van der Waals surface area contributed by atoms with Crippen LogP contribution in [0.3, 0.4) is 0 Å². The van der Waals surface area contributed by atoms with Gasteiger partial charge in [0.1, 0.15) is 5.75 Å². The molecule has 5 heterocycles. The number of rotatable bonds is 7. The second-order valence-corrected chi connectivity index (χ2v) is 11.1. The number of thioether (sulfide) groups is 1. The molecule has 10 nitrogen and oxygen atoms in total. The number of amides is 3. The molecule has 3 N–H and O–H groups in total. The molecular formula is C27H31N7O3S. The number of aromatic nitrogens is 2. The topological polar surface area (TPSA) is 112 Å². The van der Waals surface area contributed by atoms with Crippen molar-refractivity contribution in [3.63, 3.8) is 0 Å². The normalized spacial score (nSPS) is 26.6. The predicted molar refractivity (Wildman–Crippen MR) is 146 cm³/mol. The van der Waals surface area contributed by atoms with Crippen LogP contribution in [0.2, 0.25) is 0 Å². The van der Waals surface area contributed by atoms with Crippen molar-refractivity contribution < 1.29 is 14.3 Å². The van der Waals surface area contributed by atoms with Gasteiger partial charge >= 0.3 is 6.03 Å². The summed E-state index contributed by atoms with van der Waals surface area (Å²) in [5, 5.41) is 18.5. The number of carbonyl (C=O) groups is 2. The highest BCUT2D eigenvalue weighted by Gasteiger charge is 2.50. The van der Waals surface area contributed by atoms with E-state index in [-0.39, 0.29) is 35.3 Å². The third kappa shape index (κ3) is 4.89. The lowest BCUT2D eigenvalue weighted by Gasteiger charge is -2.46. The minimum atomic E-state index is -0.107. The van der Waals surface area contributed by atoms with Crippen LogP contribution in [0.4, 0.5) is 10.5 Å². The molecule has 198 valence electrons. The molecule has 6 rings (SSSR count). The molecule has 0 saturated carbocycles.